The Labute approximate surface area is 80.9 Å². The molecule has 0 aliphatic carbocycles. The second-order valence-electron chi connectivity index (χ2n) is 2.85. The standard InChI is InChI=1S/C9H7ClN2O/c10-9-7(4-11)3-6-1-2-13-5-8(6)12-9/h3H,1-2,5H2. The van der Waals surface area contributed by atoms with Crippen molar-refractivity contribution >= 4 is 11.6 Å². The molecule has 0 unspecified atom stereocenters. The highest BCUT2D eigenvalue weighted by atomic mass is 35.5. The number of nitrogens with zero attached hydrogens (tertiary/aromatic N) is 2. The van der Waals surface area contributed by atoms with Gasteiger partial charge in [-0.15, -0.1) is 0 Å². The van der Waals surface area contributed by atoms with Gasteiger partial charge in [0.2, 0.25) is 0 Å². The summed E-state index contributed by atoms with van der Waals surface area (Å²) in [7, 11) is 0. The van der Waals surface area contributed by atoms with Crippen LogP contribution in [0.15, 0.2) is 6.07 Å². The lowest BCUT2D eigenvalue weighted by Crippen LogP contribution is -2.12. The summed E-state index contributed by atoms with van der Waals surface area (Å²) in [5.41, 5.74) is 2.38. The molecule has 2 heterocycles. The Balaban J connectivity index is 2.52. The van der Waals surface area contributed by atoms with Gasteiger partial charge in [0.05, 0.1) is 24.5 Å². The molecule has 0 radical (unpaired) electrons. The van der Waals surface area contributed by atoms with Gasteiger partial charge >= 0.3 is 0 Å². The molecular weight excluding hydrogens is 188 g/mol. The van der Waals surface area contributed by atoms with E-state index in [0.29, 0.717) is 18.8 Å². The number of fused-ring (bicyclic) bond motifs is 1. The van der Waals surface area contributed by atoms with Crippen LogP contribution in [0.2, 0.25) is 5.15 Å². The molecule has 0 fully saturated rings. The van der Waals surface area contributed by atoms with Crippen molar-refractivity contribution in [3.05, 3.63) is 28.0 Å². The summed E-state index contributed by atoms with van der Waals surface area (Å²) in [6.45, 7) is 1.20. The van der Waals surface area contributed by atoms with Crippen LogP contribution in [0.3, 0.4) is 0 Å². The van der Waals surface area contributed by atoms with E-state index in [-0.39, 0.29) is 5.15 Å². The van der Waals surface area contributed by atoms with Gasteiger partial charge in [-0.2, -0.15) is 5.26 Å². The molecule has 0 saturated heterocycles. The van der Waals surface area contributed by atoms with Crippen LogP contribution in [0.25, 0.3) is 0 Å². The third-order valence-corrected chi connectivity index (χ3v) is 2.31. The molecule has 1 aliphatic rings. The van der Waals surface area contributed by atoms with Gasteiger partial charge in [-0.3, -0.25) is 0 Å². The summed E-state index contributed by atoms with van der Waals surface area (Å²) >= 11 is 5.77. The van der Waals surface area contributed by atoms with Crippen LogP contribution in [0.1, 0.15) is 16.8 Å². The molecule has 0 amide bonds. The van der Waals surface area contributed by atoms with E-state index in [0.717, 1.165) is 17.7 Å². The van der Waals surface area contributed by atoms with E-state index >= 15 is 0 Å². The highest BCUT2D eigenvalue weighted by Crippen LogP contribution is 2.20. The summed E-state index contributed by atoms with van der Waals surface area (Å²) in [5.74, 6) is 0. The monoisotopic (exact) mass is 194 g/mol. The molecular formula is C9H7ClN2O. The van der Waals surface area contributed by atoms with Crippen LogP contribution in [0.4, 0.5) is 0 Å². The van der Waals surface area contributed by atoms with Gasteiger partial charge < -0.3 is 4.74 Å². The quantitative estimate of drug-likeness (QED) is 0.591. The Morgan fingerprint density at radius 3 is 3.23 bits per heavy atom. The van der Waals surface area contributed by atoms with Crippen LogP contribution in [0.5, 0.6) is 0 Å². The topological polar surface area (TPSA) is 45.9 Å². The third kappa shape index (κ3) is 1.51. The number of hydrogen-bond donors (Lipinski definition) is 0. The fourth-order valence-electron chi connectivity index (χ4n) is 1.34. The van der Waals surface area contributed by atoms with E-state index in [2.05, 4.69) is 4.98 Å². The Hall–Kier alpha value is -1.11. The predicted molar refractivity (Wildman–Crippen MR) is 47.3 cm³/mol. The summed E-state index contributed by atoms with van der Waals surface area (Å²) in [6, 6.07) is 3.81. The van der Waals surface area contributed by atoms with Crippen molar-refractivity contribution in [2.45, 2.75) is 13.0 Å². The number of ether oxygens (including phenoxy) is 1. The van der Waals surface area contributed by atoms with E-state index in [4.69, 9.17) is 21.6 Å². The van der Waals surface area contributed by atoms with Crippen LogP contribution >= 0.6 is 11.6 Å². The van der Waals surface area contributed by atoms with Gasteiger partial charge in [0, 0.05) is 0 Å². The number of nitriles is 1. The van der Waals surface area contributed by atoms with Gasteiger partial charge in [-0.05, 0) is 18.1 Å². The van der Waals surface area contributed by atoms with E-state index < -0.39 is 0 Å². The van der Waals surface area contributed by atoms with Crippen molar-refractivity contribution in [1.82, 2.24) is 4.98 Å². The number of aromatic nitrogens is 1. The zero-order valence-electron chi connectivity index (χ0n) is 6.88. The second-order valence-corrected chi connectivity index (χ2v) is 3.20. The molecule has 3 nitrogen and oxygen atoms in total. The normalized spacial score (nSPS) is 14.8. The first-order valence-electron chi connectivity index (χ1n) is 3.97. The maximum atomic E-state index is 8.71. The van der Waals surface area contributed by atoms with Crippen molar-refractivity contribution < 1.29 is 4.74 Å². The van der Waals surface area contributed by atoms with Crippen LogP contribution in [-0.4, -0.2) is 11.6 Å². The van der Waals surface area contributed by atoms with Gasteiger partial charge in [0.1, 0.15) is 11.2 Å². The molecule has 4 heteroatoms. The highest BCUT2D eigenvalue weighted by Gasteiger charge is 2.13. The maximum Gasteiger partial charge on any atom is 0.147 e. The number of hydrogen-bond acceptors (Lipinski definition) is 3. The lowest BCUT2D eigenvalue weighted by Gasteiger charge is -2.15. The molecule has 1 aromatic rings. The predicted octanol–water partition coefficient (Wildman–Crippen LogP) is 1.68. The summed E-state index contributed by atoms with van der Waals surface area (Å²) in [4.78, 5) is 4.10. The number of rotatable bonds is 0. The molecule has 0 spiro atoms. The van der Waals surface area contributed by atoms with Crippen LogP contribution in [-0.2, 0) is 17.8 Å². The molecule has 13 heavy (non-hydrogen) atoms. The third-order valence-electron chi connectivity index (χ3n) is 2.02. The van der Waals surface area contributed by atoms with Crippen LogP contribution in [0, 0.1) is 11.3 Å². The smallest absolute Gasteiger partial charge is 0.147 e. The SMILES string of the molecule is N#Cc1cc2c(nc1Cl)COCC2. The number of pyridine rings is 1. The molecule has 0 bridgehead atoms. The lowest BCUT2D eigenvalue weighted by atomic mass is 10.1. The zero-order valence-corrected chi connectivity index (χ0v) is 7.64. The summed E-state index contributed by atoms with van der Waals surface area (Å²) in [6.07, 6.45) is 0.814. The Bertz CT molecular complexity index is 384. The Morgan fingerprint density at radius 1 is 1.62 bits per heavy atom. The molecule has 66 valence electrons. The fraction of sp³-hybridized carbons (Fsp3) is 0.333. The van der Waals surface area contributed by atoms with E-state index in [1.807, 2.05) is 6.07 Å². The van der Waals surface area contributed by atoms with Gasteiger partial charge in [0.25, 0.3) is 0 Å². The first-order chi connectivity index (χ1) is 6.31. The second kappa shape index (κ2) is 3.33. The summed E-state index contributed by atoms with van der Waals surface area (Å²) in [5, 5.41) is 8.98. The molecule has 0 atom stereocenters. The maximum absolute atomic E-state index is 8.71. The molecule has 2 rings (SSSR count). The Morgan fingerprint density at radius 2 is 2.46 bits per heavy atom. The minimum atomic E-state index is 0.270. The van der Waals surface area contributed by atoms with Crippen molar-refractivity contribution in [2.75, 3.05) is 6.61 Å². The van der Waals surface area contributed by atoms with Gasteiger partial charge in [-0.1, -0.05) is 11.6 Å². The van der Waals surface area contributed by atoms with Gasteiger partial charge in [-0.25, -0.2) is 4.98 Å². The fourth-order valence-corrected chi connectivity index (χ4v) is 1.54. The molecule has 0 aromatic carbocycles. The average Bonchev–Trinajstić information content (AvgIpc) is 2.17. The van der Waals surface area contributed by atoms with E-state index in [1.165, 1.54) is 0 Å². The Kier molecular flexibility index (Phi) is 2.17. The average molecular weight is 195 g/mol. The van der Waals surface area contributed by atoms with Crippen molar-refractivity contribution in [1.29, 1.82) is 5.26 Å². The lowest BCUT2D eigenvalue weighted by molar-refractivity contribution is 0.107. The van der Waals surface area contributed by atoms with Crippen molar-refractivity contribution in [2.24, 2.45) is 0 Å². The van der Waals surface area contributed by atoms with E-state index in [1.54, 1.807) is 6.07 Å². The van der Waals surface area contributed by atoms with Crippen LogP contribution < -0.4 is 0 Å². The molecule has 1 aromatic heterocycles. The summed E-state index contributed by atoms with van der Waals surface area (Å²) < 4.78 is 5.22. The largest absolute Gasteiger partial charge is 0.375 e. The highest BCUT2D eigenvalue weighted by molar-refractivity contribution is 6.30. The first kappa shape index (κ1) is 8.49. The van der Waals surface area contributed by atoms with Crippen molar-refractivity contribution in [3.8, 4) is 6.07 Å². The van der Waals surface area contributed by atoms with Crippen molar-refractivity contribution in [3.63, 3.8) is 0 Å². The molecule has 1 aliphatic heterocycles. The number of halogens is 1. The van der Waals surface area contributed by atoms with E-state index in [9.17, 15) is 0 Å². The first-order valence-corrected chi connectivity index (χ1v) is 4.35. The zero-order chi connectivity index (χ0) is 9.26. The van der Waals surface area contributed by atoms with Gasteiger partial charge in [0.15, 0.2) is 0 Å². The molecule has 0 N–H and O–H groups in total. The minimum absolute atomic E-state index is 0.270. The minimum Gasteiger partial charge on any atom is -0.375 e. The molecule has 0 saturated carbocycles.